The smallest absolute Gasteiger partial charge is 0.352 e. The molecule has 0 unspecified atom stereocenters. The highest BCUT2D eigenvalue weighted by Gasteiger charge is 2.11. The highest BCUT2D eigenvalue weighted by atomic mass is 16.4. The summed E-state index contributed by atoms with van der Waals surface area (Å²) in [4.78, 5) is 11.0. The van der Waals surface area contributed by atoms with Crippen LogP contribution in [0.2, 0.25) is 0 Å². The van der Waals surface area contributed by atoms with Gasteiger partial charge >= 0.3 is 5.97 Å². The van der Waals surface area contributed by atoms with Crippen LogP contribution in [0, 0.1) is 13.8 Å². The Morgan fingerprint density at radius 3 is 2.69 bits per heavy atom. The normalized spacial score (nSPS) is 10.4. The molecule has 1 N–H and O–H groups in total. The van der Waals surface area contributed by atoms with E-state index in [1.165, 1.54) is 0 Å². The standard InChI is InChI=1S/C13H13NO2/c1-9-5-6-10(2)12(8-9)14-7-3-4-11(14)13(15)16/h3-8H,1-2H3,(H,15,16). The van der Waals surface area contributed by atoms with Crippen molar-refractivity contribution >= 4 is 5.97 Å². The fourth-order valence-corrected chi connectivity index (χ4v) is 1.74. The number of carboxylic acids is 1. The zero-order valence-electron chi connectivity index (χ0n) is 9.27. The number of hydrogen-bond donors (Lipinski definition) is 1. The van der Waals surface area contributed by atoms with E-state index >= 15 is 0 Å². The lowest BCUT2D eigenvalue weighted by Crippen LogP contribution is -2.06. The van der Waals surface area contributed by atoms with E-state index in [1.54, 1.807) is 22.9 Å². The monoisotopic (exact) mass is 215 g/mol. The van der Waals surface area contributed by atoms with E-state index in [4.69, 9.17) is 5.11 Å². The Bertz CT molecular complexity index is 541. The Morgan fingerprint density at radius 1 is 1.25 bits per heavy atom. The molecule has 0 amide bonds. The fourth-order valence-electron chi connectivity index (χ4n) is 1.74. The molecule has 0 fully saturated rings. The summed E-state index contributed by atoms with van der Waals surface area (Å²) in [6.07, 6.45) is 1.77. The molecule has 0 bridgehead atoms. The number of aryl methyl sites for hydroxylation is 2. The summed E-state index contributed by atoms with van der Waals surface area (Å²) in [5.41, 5.74) is 3.38. The number of aromatic nitrogens is 1. The molecule has 0 radical (unpaired) electrons. The number of nitrogens with zero attached hydrogens (tertiary/aromatic N) is 1. The van der Waals surface area contributed by atoms with E-state index in [-0.39, 0.29) is 5.69 Å². The molecule has 2 aromatic rings. The lowest BCUT2D eigenvalue weighted by Gasteiger charge is -2.10. The minimum Gasteiger partial charge on any atom is -0.477 e. The van der Waals surface area contributed by atoms with Gasteiger partial charge in [0.1, 0.15) is 5.69 Å². The molecular formula is C13H13NO2. The summed E-state index contributed by atoms with van der Waals surface area (Å²) in [7, 11) is 0. The van der Waals surface area contributed by atoms with Crippen LogP contribution < -0.4 is 0 Å². The summed E-state index contributed by atoms with van der Waals surface area (Å²) in [6.45, 7) is 3.97. The van der Waals surface area contributed by atoms with Gasteiger partial charge in [-0.2, -0.15) is 0 Å². The van der Waals surface area contributed by atoms with E-state index in [9.17, 15) is 4.79 Å². The first-order valence-corrected chi connectivity index (χ1v) is 5.08. The van der Waals surface area contributed by atoms with E-state index in [2.05, 4.69) is 0 Å². The van der Waals surface area contributed by atoms with Crippen molar-refractivity contribution in [2.45, 2.75) is 13.8 Å². The maximum atomic E-state index is 11.0. The van der Waals surface area contributed by atoms with Gasteiger partial charge < -0.3 is 9.67 Å². The number of benzene rings is 1. The summed E-state index contributed by atoms with van der Waals surface area (Å²) in [5, 5.41) is 9.06. The topological polar surface area (TPSA) is 42.2 Å². The predicted molar refractivity (Wildman–Crippen MR) is 62.2 cm³/mol. The lowest BCUT2D eigenvalue weighted by atomic mass is 10.1. The Morgan fingerprint density at radius 2 is 2.00 bits per heavy atom. The van der Waals surface area contributed by atoms with E-state index in [0.29, 0.717) is 0 Å². The van der Waals surface area contributed by atoms with Crippen LogP contribution in [0.25, 0.3) is 5.69 Å². The third kappa shape index (κ3) is 1.72. The number of hydrogen-bond acceptors (Lipinski definition) is 1. The van der Waals surface area contributed by atoms with Crippen molar-refractivity contribution in [1.82, 2.24) is 4.57 Å². The Balaban J connectivity index is 2.62. The average Bonchev–Trinajstić information content (AvgIpc) is 2.70. The average molecular weight is 215 g/mol. The van der Waals surface area contributed by atoms with Gasteiger partial charge in [0.15, 0.2) is 0 Å². The van der Waals surface area contributed by atoms with Gasteiger partial charge in [0.05, 0.1) is 0 Å². The van der Waals surface area contributed by atoms with Crippen LogP contribution in [0.15, 0.2) is 36.5 Å². The SMILES string of the molecule is Cc1ccc(C)c(-n2cccc2C(=O)O)c1. The molecule has 1 aromatic heterocycles. The molecule has 0 atom stereocenters. The second kappa shape index (κ2) is 3.85. The van der Waals surface area contributed by atoms with Crippen LogP contribution in [-0.4, -0.2) is 15.6 Å². The summed E-state index contributed by atoms with van der Waals surface area (Å²) in [6, 6.07) is 9.34. The van der Waals surface area contributed by atoms with Gasteiger partial charge in [-0.1, -0.05) is 12.1 Å². The number of carboxylic acid groups (broad SMARTS) is 1. The van der Waals surface area contributed by atoms with Crippen molar-refractivity contribution in [2.24, 2.45) is 0 Å². The highest BCUT2D eigenvalue weighted by molar-refractivity contribution is 5.86. The van der Waals surface area contributed by atoms with Gasteiger partial charge in [-0.3, -0.25) is 0 Å². The first-order valence-electron chi connectivity index (χ1n) is 5.08. The minimum atomic E-state index is -0.911. The van der Waals surface area contributed by atoms with Gasteiger partial charge in [0.2, 0.25) is 0 Å². The molecule has 2 rings (SSSR count). The van der Waals surface area contributed by atoms with Gasteiger partial charge in [-0.15, -0.1) is 0 Å². The molecule has 3 heteroatoms. The first kappa shape index (κ1) is 10.5. The largest absolute Gasteiger partial charge is 0.477 e. The van der Waals surface area contributed by atoms with Crippen molar-refractivity contribution in [1.29, 1.82) is 0 Å². The molecule has 0 aliphatic rings. The molecule has 0 saturated carbocycles. The molecule has 16 heavy (non-hydrogen) atoms. The fraction of sp³-hybridized carbons (Fsp3) is 0.154. The molecule has 1 heterocycles. The number of rotatable bonds is 2. The van der Waals surface area contributed by atoms with Crippen LogP contribution in [0.1, 0.15) is 21.6 Å². The Kier molecular flexibility index (Phi) is 2.52. The second-order valence-electron chi connectivity index (χ2n) is 3.86. The molecule has 0 spiro atoms. The molecule has 0 aliphatic heterocycles. The number of carbonyl (C=O) groups is 1. The van der Waals surface area contributed by atoms with Crippen LogP contribution >= 0.6 is 0 Å². The zero-order chi connectivity index (χ0) is 11.7. The van der Waals surface area contributed by atoms with E-state index in [1.807, 2.05) is 32.0 Å². The van der Waals surface area contributed by atoms with Gasteiger partial charge in [0, 0.05) is 11.9 Å². The summed E-state index contributed by atoms with van der Waals surface area (Å²) >= 11 is 0. The van der Waals surface area contributed by atoms with Crippen molar-refractivity contribution in [3.8, 4) is 5.69 Å². The third-order valence-corrected chi connectivity index (χ3v) is 2.59. The Hall–Kier alpha value is -2.03. The van der Waals surface area contributed by atoms with Gasteiger partial charge in [0.25, 0.3) is 0 Å². The van der Waals surface area contributed by atoms with Crippen LogP contribution in [0.5, 0.6) is 0 Å². The van der Waals surface area contributed by atoms with Crippen molar-refractivity contribution in [3.05, 3.63) is 53.3 Å². The quantitative estimate of drug-likeness (QED) is 0.837. The maximum Gasteiger partial charge on any atom is 0.352 e. The molecule has 3 nitrogen and oxygen atoms in total. The summed E-state index contributed by atoms with van der Waals surface area (Å²) in [5.74, 6) is -0.911. The lowest BCUT2D eigenvalue weighted by molar-refractivity contribution is 0.0688. The van der Waals surface area contributed by atoms with Crippen molar-refractivity contribution in [3.63, 3.8) is 0 Å². The van der Waals surface area contributed by atoms with E-state index in [0.717, 1.165) is 16.8 Å². The van der Waals surface area contributed by atoms with Crippen LogP contribution in [0.3, 0.4) is 0 Å². The highest BCUT2D eigenvalue weighted by Crippen LogP contribution is 2.18. The predicted octanol–water partition coefficient (Wildman–Crippen LogP) is 2.79. The summed E-state index contributed by atoms with van der Waals surface area (Å²) < 4.78 is 1.70. The second-order valence-corrected chi connectivity index (χ2v) is 3.86. The number of aromatic carboxylic acids is 1. The molecular weight excluding hydrogens is 202 g/mol. The molecule has 0 saturated heterocycles. The molecule has 0 aliphatic carbocycles. The van der Waals surface area contributed by atoms with Crippen molar-refractivity contribution in [2.75, 3.05) is 0 Å². The van der Waals surface area contributed by atoms with Crippen LogP contribution in [-0.2, 0) is 0 Å². The van der Waals surface area contributed by atoms with Crippen molar-refractivity contribution < 1.29 is 9.90 Å². The molecule has 1 aromatic carbocycles. The van der Waals surface area contributed by atoms with Gasteiger partial charge in [-0.25, -0.2) is 4.79 Å². The third-order valence-electron chi connectivity index (χ3n) is 2.59. The molecule has 82 valence electrons. The Labute approximate surface area is 94.0 Å². The van der Waals surface area contributed by atoms with Gasteiger partial charge in [-0.05, 0) is 43.2 Å². The zero-order valence-corrected chi connectivity index (χ0v) is 9.27. The first-order chi connectivity index (χ1) is 7.59. The van der Waals surface area contributed by atoms with Crippen LogP contribution in [0.4, 0.5) is 0 Å². The maximum absolute atomic E-state index is 11.0. The van der Waals surface area contributed by atoms with E-state index < -0.39 is 5.97 Å². The minimum absolute atomic E-state index is 0.286.